The van der Waals surface area contributed by atoms with E-state index in [9.17, 15) is 29.1 Å². The monoisotopic (exact) mass is 606 g/mol. The number of carboxylic acid groups (broad SMARTS) is 1. The van der Waals surface area contributed by atoms with Gasteiger partial charge in [-0.05, 0) is 39.5 Å². The molecule has 2 aliphatic rings. The second kappa shape index (κ2) is 13.6. The van der Waals surface area contributed by atoms with Crippen molar-refractivity contribution in [2.45, 2.75) is 57.6 Å². The molecule has 1 saturated carbocycles. The highest BCUT2D eigenvalue weighted by Crippen LogP contribution is 2.38. The van der Waals surface area contributed by atoms with Gasteiger partial charge in [-0.1, -0.05) is 0 Å². The molecule has 2 N–H and O–H groups in total. The number of thiazole rings is 1. The van der Waals surface area contributed by atoms with Gasteiger partial charge < -0.3 is 34.4 Å². The number of esters is 1. The van der Waals surface area contributed by atoms with Crippen molar-refractivity contribution in [3.8, 4) is 11.0 Å². The van der Waals surface area contributed by atoms with E-state index in [-0.39, 0.29) is 63.8 Å². The van der Waals surface area contributed by atoms with Crippen molar-refractivity contribution >= 4 is 41.2 Å². The van der Waals surface area contributed by atoms with Gasteiger partial charge in [-0.2, -0.15) is 9.78 Å². The van der Waals surface area contributed by atoms with E-state index in [0.717, 1.165) is 6.42 Å². The number of carbonyl (C=O) groups excluding carboxylic acids is 4. The lowest BCUT2D eigenvalue weighted by Gasteiger charge is -2.38. The van der Waals surface area contributed by atoms with Gasteiger partial charge in [-0.25, -0.2) is 14.6 Å². The third-order valence-electron chi connectivity index (χ3n) is 6.99. The molecule has 0 spiro atoms. The van der Waals surface area contributed by atoms with Crippen LogP contribution in [-0.2, 0) is 23.9 Å². The van der Waals surface area contributed by atoms with Crippen LogP contribution in [0.4, 0.5) is 4.79 Å². The van der Waals surface area contributed by atoms with Crippen LogP contribution in [0.5, 0.6) is 5.88 Å². The first kappa shape index (κ1) is 30.7. The van der Waals surface area contributed by atoms with E-state index in [1.807, 2.05) is 0 Å². The fraction of sp³-hybridized carbons (Fsp3) is 0.577. The first-order valence-corrected chi connectivity index (χ1v) is 14.6. The summed E-state index contributed by atoms with van der Waals surface area (Å²) in [5.74, 6) is -2.73. The number of amides is 3. The zero-order chi connectivity index (χ0) is 30.3. The quantitative estimate of drug-likeness (QED) is 0.334. The highest BCUT2D eigenvalue weighted by Gasteiger charge is 2.49. The van der Waals surface area contributed by atoms with Crippen LogP contribution in [0, 0.1) is 0 Å². The maximum absolute atomic E-state index is 13.4. The van der Waals surface area contributed by atoms with Gasteiger partial charge in [-0.15, -0.1) is 11.3 Å². The van der Waals surface area contributed by atoms with E-state index in [1.54, 1.807) is 25.4 Å². The Morgan fingerprint density at radius 3 is 2.33 bits per heavy atom. The van der Waals surface area contributed by atoms with Gasteiger partial charge in [0, 0.05) is 50.2 Å². The predicted octanol–water partition coefficient (Wildman–Crippen LogP) is 1.46. The summed E-state index contributed by atoms with van der Waals surface area (Å²) in [6.07, 6.45) is 2.21. The van der Waals surface area contributed by atoms with Gasteiger partial charge in [0.1, 0.15) is 6.04 Å². The minimum atomic E-state index is -1.20. The summed E-state index contributed by atoms with van der Waals surface area (Å²) in [6.45, 7) is 4.70. The van der Waals surface area contributed by atoms with E-state index >= 15 is 0 Å². The van der Waals surface area contributed by atoms with Crippen molar-refractivity contribution in [2.75, 3.05) is 39.4 Å². The highest BCUT2D eigenvalue weighted by molar-refractivity contribution is 7.12. The molecular weight excluding hydrogens is 572 g/mol. The van der Waals surface area contributed by atoms with Crippen molar-refractivity contribution in [2.24, 2.45) is 0 Å². The van der Waals surface area contributed by atoms with E-state index in [4.69, 9.17) is 14.2 Å². The fourth-order valence-corrected chi connectivity index (χ4v) is 5.21. The maximum atomic E-state index is 13.4. The Bertz CT molecular complexity index is 1290. The van der Waals surface area contributed by atoms with E-state index in [0.29, 0.717) is 18.0 Å². The van der Waals surface area contributed by atoms with E-state index in [1.165, 1.54) is 31.9 Å². The number of carboxylic acids is 1. The normalized spacial score (nSPS) is 16.6. The van der Waals surface area contributed by atoms with Crippen LogP contribution in [0.2, 0.25) is 0 Å². The molecular formula is C26H34N6O9S. The number of aromatic nitrogens is 3. The molecule has 15 nitrogen and oxygen atoms in total. The summed E-state index contributed by atoms with van der Waals surface area (Å²) in [7, 11) is 0. The Hall–Kier alpha value is -4.21. The van der Waals surface area contributed by atoms with Gasteiger partial charge in [0.15, 0.2) is 5.69 Å². The van der Waals surface area contributed by atoms with Crippen molar-refractivity contribution < 1.29 is 43.3 Å². The van der Waals surface area contributed by atoms with Crippen LogP contribution < -0.4 is 10.1 Å². The topological polar surface area (TPSA) is 182 Å². The molecule has 16 heteroatoms. The first-order chi connectivity index (χ1) is 20.2. The van der Waals surface area contributed by atoms with Crippen LogP contribution in [0.3, 0.4) is 0 Å². The molecule has 2 aromatic heterocycles. The van der Waals surface area contributed by atoms with Gasteiger partial charge in [-0.3, -0.25) is 14.4 Å². The molecule has 1 unspecified atom stereocenters. The molecule has 3 amide bonds. The molecule has 1 aliphatic heterocycles. The molecule has 0 radical (unpaired) electrons. The third-order valence-corrected chi connectivity index (χ3v) is 7.73. The first-order valence-electron chi connectivity index (χ1n) is 13.8. The van der Waals surface area contributed by atoms with Crippen LogP contribution in [0.1, 0.15) is 56.4 Å². The number of carbonyl (C=O) groups is 5. The molecule has 0 aromatic carbocycles. The zero-order valence-electron chi connectivity index (χ0n) is 23.4. The molecule has 2 aromatic rings. The number of piperazine rings is 1. The summed E-state index contributed by atoms with van der Waals surface area (Å²) >= 11 is 1.24. The highest BCUT2D eigenvalue weighted by atomic mass is 32.1. The van der Waals surface area contributed by atoms with Crippen LogP contribution in [0.15, 0.2) is 17.6 Å². The average molecular weight is 607 g/mol. The fourth-order valence-electron chi connectivity index (χ4n) is 4.62. The van der Waals surface area contributed by atoms with E-state index < -0.39 is 41.5 Å². The number of nitrogens with one attached hydrogen (secondary N) is 1. The molecule has 4 rings (SSSR count). The lowest BCUT2D eigenvalue weighted by atomic mass is 9.80. The van der Waals surface area contributed by atoms with Crippen molar-refractivity contribution in [3.63, 3.8) is 0 Å². The number of hydrogen-bond donors (Lipinski definition) is 2. The Morgan fingerprint density at radius 1 is 1.07 bits per heavy atom. The second-order valence-electron chi connectivity index (χ2n) is 9.73. The lowest BCUT2D eigenvalue weighted by Crippen LogP contribution is -2.56. The third kappa shape index (κ3) is 6.98. The van der Waals surface area contributed by atoms with Crippen molar-refractivity contribution in [3.05, 3.63) is 23.3 Å². The summed E-state index contributed by atoms with van der Waals surface area (Å²) in [5, 5.41) is 18.3. The average Bonchev–Trinajstić information content (AvgIpc) is 3.63. The molecule has 1 saturated heterocycles. The predicted molar refractivity (Wildman–Crippen MR) is 146 cm³/mol. The SMILES string of the molecule is CCOC(=O)N1CCN(C(=O)C(CCC(=O)O)NC(=O)c2cc(OC3(C(=O)OCC)CCC3)n(-c3nccs3)n2)CC1. The summed E-state index contributed by atoms with van der Waals surface area (Å²) in [5.41, 5.74) is -1.32. The van der Waals surface area contributed by atoms with Gasteiger partial charge in [0.05, 0.1) is 13.2 Å². The minimum absolute atomic E-state index is 0.103. The van der Waals surface area contributed by atoms with Crippen LogP contribution in [0.25, 0.3) is 5.13 Å². The Kier molecular flexibility index (Phi) is 9.98. The van der Waals surface area contributed by atoms with Crippen molar-refractivity contribution in [1.82, 2.24) is 29.9 Å². The number of aliphatic carboxylic acids is 1. The molecule has 42 heavy (non-hydrogen) atoms. The zero-order valence-corrected chi connectivity index (χ0v) is 24.3. The molecule has 3 heterocycles. The Morgan fingerprint density at radius 2 is 1.76 bits per heavy atom. The van der Waals surface area contributed by atoms with Gasteiger partial charge in [0.2, 0.25) is 22.5 Å². The molecule has 228 valence electrons. The summed E-state index contributed by atoms with van der Waals surface area (Å²) in [6, 6.07) is 0.196. The Balaban J connectivity index is 1.52. The smallest absolute Gasteiger partial charge is 0.409 e. The van der Waals surface area contributed by atoms with Gasteiger partial charge >= 0.3 is 18.0 Å². The number of nitrogens with zero attached hydrogens (tertiary/aromatic N) is 5. The second-order valence-corrected chi connectivity index (χ2v) is 10.6. The van der Waals surface area contributed by atoms with Crippen LogP contribution in [-0.4, -0.2) is 111 Å². The molecule has 2 fully saturated rings. The number of hydrogen-bond acceptors (Lipinski definition) is 11. The minimum Gasteiger partial charge on any atom is -0.481 e. The molecule has 0 bridgehead atoms. The maximum Gasteiger partial charge on any atom is 0.409 e. The van der Waals surface area contributed by atoms with Crippen LogP contribution >= 0.6 is 11.3 Å². The summed E-state index contributed by atoms with van der Waals surface area (Å²) < 4.78 is 17.7. The molecule has 1 atom stereocenters. The van der Waals surface area contributed by atoms with Gasteiger partial charge in [0.25, 0.3) is 5.91 Å². The van der Waals surface area contributed by atoms with E-state index in [2.05, 4.69) is 15.4 Å². The number of rotatable bonds is 12. The largest absolute Gasteiger partial charge is 0.481 e. The molecule has 1 aliphatic carbocycles. The standard InChI is InChI=1S/C26H34N6O9S/c1-3-39-23(37)26(8-5-9-26)41-19-16-18(29-32(19)24-27-10-15-42-24)21(35)28-17(6-7-20(33)34)22(36)30-11-13-31(14-12-30)25(38)40-4-2/h10,15-17H,3-9,11-14H2,1-2H3,(H,28,35)(H,33,34). The lowest BCUT2D eigenvalue weighted by molar-refractivity contribution is -0.170. The number of ether oxygens (including phenoxy) is 3. The Labute approximate surface area is 245 Å². The van der Waals surface area contributed by atoms with Crippen molar-refractivity contribution in [1.29, 1.82) is 0 Å². The summed E-state index contributed by atoms with van der Waals surface area (Å²) in [4.78, 5) is 70.0.